The van der Waals surface area contributed by atoms with Gasteiger partial charge < -0.3 is 5.73 Å². The Labute approximate surface area is 119 Å². The number of nitrogens with zero attached hydrogens (tertiary/aromatic N) is 5. The molecule has 0 saturated carbocycles. The Morgan fingerprint density at radius 1 is 1.24 bits per heavy atom. The lowest BCUT2D eigenvalue weighted by molar-refractivity contribution is 0.501. The zero-order chi connectivity index (χ0) is 15.0. The van der Waals surface area contributed by atoms with Crippen molar-refractivity contribution >= 4 is 19.1 Å². The van der Waals surface area contributed by atoms with Gasteiger partial charge in [-0.15, -0.1) is 5.10 Å². The lowest BCUT2D eigenvalue weighted by Gasteiger charge is -2.08. The first-order valence-electron chi connectivity index (χ1n) is 6.03. The number of aromatic nitrogens is 5. The summed E-state index contributed by atoms with van der Waals surface area (Å²) in [5, 5.41) is 11.0. The van der Waals surface area contributed by atoms with E-state index in [4.69, 9.17) is 5.73 Å². The van der Waals surface area contributed by atoms with Crippen molar-refractivity contribution in [1.29, 1.82) is 0 Å². The van der Waals surface area contributed by atoms with Crippen molar-refractivity contribution in [3.63, 3.8) is 0 Å². The Kier molecular flexibility index (Phi) is 3.09. The summed E-state index contributed by atoms with van der Waals surface area (Å²) in [6.07, 6.45) is 1.59. The molecule has 0 saturated heterocycles. The Morgan fingerprint density at radius 3 is 2.86 bits per heavy atom. The standard InChI is InChI=1S/C12H9BF2N6/c13-6-4-7(11(16)17-5-6)12-18-19-20-21(12)9-3-1-2-8(14)10(9)15/h1-5H,13H2,(H2,16,17). The van der Waals surface area contributed by atoms with Gasteiger partial charge in [0.25, 0.3) is 0 Å². The molecule has 3 aromatic rings. The van der Waals surface area contributed by atoms with Gasteiger partial charge in [-0.1, -0.05) is 17.6 Å². The molecule has 0 radical (unpaired) electrons. The summed E-state index contributed by atoms with van der Waals surface area (Å²) in [5.74, 6) is -1.63. The Balaban J connectivity index is 2.22. The molecule has 0 bridgehead atoms. The molecule has 104 valence electrons. The molecule has 0 unspecified atom stereocenters. The van der Waals surface area contributed by atoms with Crippen LogP contribution in [0, 0.1) is 11.6 Å². The van der Waals surface area contributed by atoms with E-state index in [1.807, 2.05) is 7.85 Å². The van der Waals surface area contributed by atoms with Gasteiger partial charge in [-0.3, -0.25) is 0 Å². The maximum atomic E-state index is 13.9. The minimum absolute atomic E-state index is 0.101. The fraction of sp³-hybridized carbons (Fsp3) is 0. The van der Waals surface area contributed by atoms with Gasteiger partial charge in [0.2, 0.25) is 0 Å². The Hall–Kier alpha value is -2.84. The van der Waals surface area contributed by atoms with Crippen LogP contribution in [0.3, 0.4) is 0 Å². The number of rotatable bonds is 2. The van der Waals surface area contributed by atoms with Crippen LogP contribution in [0.25, 0.3) is 17.1 Å². The summed E-state index contributed by atoms with van der Waals surface area (Å²) in [4.78, 5) is 4.01. The fourth-order valence-electron chi connectivity index (χ4n) is 1.93. The summed E-state index contributed by atoms with van der Waals surface area (Å²) in [6, 6.07) is 5.49. The van der Waals surface area contributed by atoms with Crippen LogP contribution in [0.2, 0.25) is 0 Å². The minimum Gasteiger partial charge on any atom is -0.383 e. The highest BCUT2D eigenvalue weighted by Crippen LogP contribution is 2.24. The first-order valence-corrected chi connectivity index (χ1v) is 6.03. The third-order valence-electron chi connectivity index (χ3n) is 2.93. The van der Waals surface area contributed by atoms with E-state index in [2.05, 4.69) is 20.5 Å². The molecule has 0 spiro atoms. The average Bonchev–Trinajstić information content (AvgIpc) is 2.93. The topological polar surface area (TPSA) is 82.5 Å². The van der Waals surface area contributed by atoms with E-state index in [1.54, 1.807) is 12.3 Å². The molecule has 1 aromatic carbocycles. The van der Waals surface area contributed by atoms with Gasteiger partial charge >= 0.3 is 0 Å². The molecule has 6 nitrogen and oxygen atoms in total. The maximum absolute atomic E-state index is 13.9. The molecule has 0 fully saturated rings. The van der Waals surface area contributed by atoms with E-state index in [9.17, 15) is 8.78 Å². The molecule has 0 amide bonds. The highest BCUT2D eigenvalue weighted by atomic mass is 19.2. The van der Waals surface area contributed by atoms with Crippen LogP contribution in [0.5, 0.6) is 0 Å². The fourth-order valence-corrected chi connectivity index (χ4v) is 1.93. The molecule has 0 aliphatic rings. The summed E-state index contributed by atoms with van der Waals surface area (Å²) >= 11 is 0. The number of anilines is 1. The van der Waals surface area contributed by atoms with Crippen molar-refractivity contribution in [3.05, 3.63) is 42.1 Å². The van der Waals surface area contributed by atoms with Gasteiger partial charge in [-0.2, -0.15) is 4.68 Å². The number of nitrogen functional groups attached to an aromatic ring is 1. The molecular weight excluding hydrogens is 277 g/mol. The van der Waals surface area contributed by atoms with E-state index in [0.29, 0.717) is 5.56 Å². The molecule has 0 aliphatic carbocycles. The van der Waals surface area contributed by atoms with E-state index >= 15 is 0 Å². The zero-order valence-corrected chi connectivity index (χ0v) is 11.0. The SMILES string of the molecule is Bc1cnc(N)c(-c2nnnn2-c2cccc(F)c2F)c1. The van der Waals surface area contributed by atoms with Crippen molar-refractivity contribution in [2.24, 2.45) is 0 Å². The third kappa shape index (κ3) is 2.22. The number of hydrogen-bond donors (Lipinski definition) is 1. The largest absolute Gasteiger partial charge is 0.383 e. The van der Waals surface area contributed by atoms with Crippen LogP contribution in [-0.2, 0) is 0 Å². The molecule has 21 heavy (non-hydrogen) atoms. The van der Waals surface area contributed by atoms with Crippen molar-refractivity contribution in [2.75, 3.05) is 5.73 Å². The molecule has 9 heteroatoms. The predicted octanol–water partition coefficient (Wildman–Crippen LogP) is -0.157. The van der Waals surface area contributed by atoms with Crippen molar-refractivity contribution in [2.45, 2.75) is 0 Å². The second-order valence-corrected chi connectivity index (χ2v) is 4.43. The number of pyridine rings is 1. The molecule has 3 rings (SSSR count). The van der Waals surface area contributed by atoms with Crippen molar-refractivity contribution in [1.82, 2.24) is 25.2 Å². The normalized spacial score (nSPS) is 10.8. The van der Waals surface area contributed by atoms with Gasteiger partial charge in [0.1, 0.15) is 19.4 Å². The van der Waals surface area contributed by atoms with E-state index in [-0.39, 0.29) is 17.3 Å². The second kappa shape index (κ2) is 4.93. The molecule has 2 aromatic heterocycles. The Bertz CT molecular complexity index is 803. The lowest BCUT2D eigenvalue weighted by Crippen LogP contribution is -2.10. The van der Waals surface area contributed by atoms with Gasteiger partial charge in [-0.05, 0) is 22.6 Å². The van der Waals surface area contributed by atoms with Crippen molar-refractivity contribution < 1.29 is 8.78 Å². The first kappa shape index (κ1) is 13.2. The molecule has 2 heterocycles. The minimum atomic E-state index is -1.04. The third-order valence-corrected chi connectivity index (χ3v) is 2.93. The maximum Gasteiger partial charge on any atom is 0.190 e. The quantitative estimate of drug-likeness (QED) is 0.662. The van der Waals surface area contributed by atoms with Crippen LogP contribution < -0.4 is 11.2 Å². The van der Waals surface area contributed by atoms with Crippen LogP contribution in [0.1, 0.15) is 0 Å². The second-order valence-electron chi connectivity index (χ2n) is 4.43. The first-order chi connectivity index (χ1) is 10.1. The number of benzene rings is 1. The van der Waals surface area contributed by atoms with Crippen LogP contribution in [-0.4, -0.2) is 33.0 Å². The summed E-state index contributed by atoms with van der Waals surface area (Å²) in [7, 11) is 1.83. The van der Waals surface area contributed by atoms with Gasteiger partial charge in [0.05, 0.1) is 5.56 Å². The van der Waals surface area contributed by atoms with Crippen molar-refractivity contribution in [3.8, 4) is 17.1 Å². The number of tetrazole rings is 1. The monoisotopic (exact) mass is 286 g/mol. The van der Waals surface area contributed by atoms with E-state index < -0.39 is 11.6 Å². The van der Waals surface area contributed by atoms with Crippen LogP contribution >= 0.6 is 0 Å². The highest BCUT2D eigenvalue weighted by Gasteiger charge is 2.18. The van der Waals surface area contributed by atoms with Crippen LogP contribution in [0.15, 0.2) is 30.5 Å². The predicted molar refractivity (Wildman–Crippen MR) is 74.9 cm³/mol. The highest BCUT2D eigenvalue weighted by molar-refractivity contribution is 6.32. The molecule has 0 aliphatic heterocycles. The molecular formula is C12H9BF2N6. The molecule has 2 N–H and O–H groups in total. The molecule has 0 atom stereocenters. The average molecular weight is 286 g/mol. The van der Waals surface area contributed by atoms with Gasteiger partial charge in [0, 0.05) is 6.20 Å². The summed E-state index contributed by atoms with van der Waals surface area (Å²) < 4.78 is 28.3. The van der Waals surface area contributed by atoms with Crippen LogP contribution in [0.4, 0.5) is 14.6 Å². The number of nitrogens with two attached hydrogens (primary N) is 1. The van der Waals surface area contributed by atoms with E-state index in [1.165, 1.54) is 12.1 Å². The van der Waals surface area contributed by atoms with Gasteiger partial charge in [0.15, 0.2) is 17.5 Å². The summed E-state index contributed by atoms with van der Waals surface area (Å²) in [6.45, 7) is 0. The number of halogens is 2. The smallest absolute Gasteiger partial charge is 0.190 e. The number of hydrogen-bond acceptors (Lipinski definition) is 5. The summed E-state index contributed by atoms with van der Waals surface area (Å²) in [5.41, 5.74) is 7.00. The lowest BCUT2D eigenvalue weighted by atomic mass is 9.96. The van der Waals surface area contributed by atoms with E-state index in [0.717, 1.165) is 16.2 Å². The zero-order valence-electron chi connectivity index (χ0n) is 11.0. The van der Waals surface area contributed by atoms with Gasteiger partial charge in [-0.25, -0.2) is 13.8 Å². The Morgan fingerprint density at radius 2 is 2.05 bits per heavy atom.